The molecular weight excluding hydrogens is 418 g/mol. The Bertz CT molecular complexity index is 1110. The molecule has 1 N–H and O–H groups in total. The highest BCUT2D eigenvalue weighted by atomic mass is 35.5. The lowest BCUT2D eigenvalue weighted by Crippen LogP contribution is -2.39. The molecule has 8 heteroatoms. The van der Waals surface area contributed by atoms with Gasteiger partial charge in [0.2, 0.25) is 5.91 Å². The molecule has 1 aromatic heterocycles. The first-order valence-corrected chi connectivity index (χ1v) is 10.8. The topological polar surface area (TPSA) is 82.7 Å². The van der Waals surface area contributed by atoms with Gasteiger partial charge in [-0.1, -0.05) is 17.7 Å². The van der Waals surface area contributed by atoms with Crippen molar-refractivity contribution in [3.63, 3.8) is 0 Å². The lowest BCUT2D eigenvalue weighted by Gasteiger charge is -2.30. The van der Waals surface area contributed by atoms with Crippen LogP contribution in [0.5, 0.6) is 5.75 Å². The molecule has 1 fully saturated rings. The number of hydrogen-bond acceptors (Lipinski definition) is 4. The van der Waals surface area contributed by atoms with Crippen LogP contribution in [0.1, 0.15) is 46.1 Å². The lowest BCUT2D eigenvalue weighted by molar-refractivity contribution is -0.128. The van der Waals surface area contributed by atoms with Crippen LogP contribution in [0.25, 0.3) is 0 Å². The van der Waals surface area contributed by atoms with Gasteiger partial charge in [0, 0.05) is 37.7 Å². The van der Waals surface area contributed by atoms with Gasteiger partial charge < -0.3 is 19.5 Å². The number of ether oxygens (including phenoxy) is 1. The molecule has 0 radical (unpaired) electrons. The Balaban J connectivity index is 1.56. The maximum atomic E-state index is 13.3. The first-order chi connectivity index (χ1) is 14.7. The van der Waals surface area contributed by atoms with Crippen LogP contribution in [0.3, 0.4) is 0 Å². The lowest BCUT2D eigenvalue weighted by atomic mass is 9.97. The second-order valence-corrected chi connectivity index (χ2v) is 8.70. The van der Waals surface area contributed by atoms with Crippen LogP contribution in [-0.2, 0) is 17.8 Å². The number of aromatic amines is 1. The molecule has 0 saturated carbocycles. The van der Waals surface area contributed by atoms with Crippen molar-refractivity contribution in [3.05, 3.63) is 61.5 Å². The number of likely N-dealkylation sites (tertiary alicyclic amines) is 1. The molecule has 2 aromatic rings. The van der Waals surface area contributed by atoms with Gasteiger partial charge in [0.15, 0.2) is 0 Å². The largest absolute Gasteiger partial charge is 0.487 e. The normalized spacial score (nSPS) is 18.3. The van der Waals surface area contributed by atoms with Gasteiger partial charge in [0.05, 0.1) is 23.7 Å². The molecule has 2 aliphatic heterocycles. The quantitative estimate of drug-likeness (QED) is 0.787. The summed E-state index contributed by atoms with van der Waals surface area (Å²) in [5.41, 5.74) is 3.38. The first-order valence-electron chi connectivity index (χ1n) is 10.5. The predicted octanol–water partition coefficient (Wildman–Crippen LogP) is 2.84. The van der Waals surface area contributed by atoms with E-state index in [9.17, 15) is 14.4 Å². The zero-order chi connectivity index (χ0) is 22.3. The molecule has 3 heterocycles. The van der Waals surface area contributed by atoms with Gasteiger partial charge in [-0.05, 0) is 43.5 Å². The van der Waals surface area contributed by atoms with E-state index in [1.54, 1.807) is 22.8 Å². The molecule has 1 saturated heterocycles. The van der Waals surface area contributed by atoms with Gasteiger partial charge in [0.25, 0.3) is 11.5 Å². The number of aromatic nitrogens is 1. The van der Waals surface area contributed by atoms with Crippen LogP contribution in [0.2, 0.25) is 5.02 Å². The van der Waals surface area contributed by atoms with Gasteiger partial charge in [0.1, 0.15) is 11.9 Å². The molecular formula is C23H26ClN3O4. The Kier molecular flexibility index (Phi) is 5.79. The van der Waals surface area contributed by atoms with Crippen molar-refractivity contribution in [1.82, 2.24) is 14.8 Å². The van der Waals surface area contributed by atoms with Gasteiger partial charge in [-0.2, -0.15) is 0 Å². The Labute approximate surface area is 185 Å². The summed E-state index contributed by atoms with van der Waals surface area (Å²) in [4.78, 5) is 43.5. The number of pyridine rings is 1. The average Bonchev–Trinajstić information content (AvgIpc) is 3.17. The van der Waals surface area contributed by atoms with Crippen molar-refractivity contribution >= 4 is 23.4 Å². The summed E-state index contributed by atoms with van der Waals surface area (Å²) in [6.45, 7) is 7.18. The third-order valence-electron chi connectivity index (χ3n) is 6.07. The van der Waals surface area contributed by atoms with Crippen molar-refractivity contribution in [2.45, 2.75) is 46.3 Å². The fourth-order valence-corrected chi connectivity index (χ4v) is 4.66. The number of hydrogen-bond donors (Lipinski definition) is 1. The van der Waals surface area contributed by atoms with E-state index in [-0.39, 0.29) is 30.0 Å². The van der Waals surface area contributed by atoms with Crippen molar-refractivity contribution in [2.75, 3.05) is 19.6 Å². The highest BCUT2D eigenvalue weighted by molar-refractivity contribution is 6.35. The SMILES string of the molecule is CC(=O)N1CC[C@@H](Oc2ccc3c(c2Cl)C(=O)N(Cc2c(C)cc(C)[nH]c2=O)CC3)C1. The number of carbonyl (C=O) groups excluding carboxylic acids is 2. The van der Waals surface area contributed by atoms with Crippen LogP contribution in [0.15, 0.2) is 23.0 Å². The number of benzene rings is 1. The molecule has 31 heavy (non-hydrogen) atoms. The Morgan fingerprint density at radius 2 is 2.03 bits per heavy atom. The van der Waals surface area contributed by atoms with Gasteiger partial charge >= 0.3 is 0 Å². The molecule has 2 aliphatic rings. The first kappa shape index (κ1) is 21.4. The number of fused-ring (bicyclic) bond motifs is 1. The van der Waals surface area contributed by atoms with E-state index in [0.29, 0.717) is 48.0 Å². The molecule has 1 atom stereocenters. The number of halogens is 1. The molecule has 7 nitrogen and oxygen atoms in total. The minimum atomic E-state index is -0.201. The monoisotopic (exact) mass is 443 g/mol. The highest BCUT2D eigenvalue weighted by Crippen LogP contribution is 2.36. The van der Waals surface area contributed by atoms with E-state index < -0.39 is 0 Å². The van der Waals surface area contributed by atoms with Crippen LogP contribution in [0.4, 0.5) is 0 Å². The molecule has 4 rings (SSSR count). The van der Waals surface area contributed by atoms with Crippen molar-refractivity contribution < 1.29 is 14.3 Å². The minimum Gasteiger partial charge on any atom is -0.487 e. The third kappa shape index (κ3) is 4.19. The zero-order valence-corrected chi connectivity index (χ0v) is 18.7. The van der Waals surface area contributed by atoms with Crippen molar-refractivity contribution in [2.24, 2.45) is 0 Å². The number of nitrogens with one attached hydrogen (secondary N) is 1. The number of aryl methyl sites for hydroxylation is 2. The predicted molar refractivity (Wildman–Crippen MR) is 118 cm³/mol. The number of nitrogens with zero attached hydrogens (tertiary/aromatic N) is 2. The maximum absolute atomic E-state index is 13.3. The van der Waals surface area contributed by atoms with Crippen LogP contribution >= 0.6 is 11.6 Å². The minimum absolute atomic E-state index is 0.0230. The third-order valence-corrected chi connectivity index (χ3v) is 6.45. The van der Waals surface area contributed by atoms with E-state index in [2.05, 4.69) is 4.98 Å². The molecule has 0 unspecified atom stereocenters. The van der Waals surface area contributed by atoms with Gasteiger partial charge in [-0.25, -0.2) is 0 Å². The second kappa shape index (κ2) is 8.38. The summed E-state index contributed by atoms with van der Waals surface area (Å²) in [5, 5.41) is 0.294. The van der Waals surface area contributed by atoms with Crippen LogP contribution in [0, 0.1) is 13.8 Å². The van der Waals surface area contributed by atoms with Crippen molar-refractivity contribution in [1.29, 1.82) is 0 Å². The van der Waals surface area contributed by atoms with Crippen LogP contribution < -0.4 is 10.3 Å². The zero-order valence-electron chi connectivity index (χ0n) is 18.0. The van der Waals surface area contributed by atoms with E-state index in [1.165, 1.54) is 0 Å². The molecule has 164 valence electrons. The number of H-pyrrole nitrogens is 1. The summed E-state index contributed by atoms with van der Waals surface area (Å²) in [6, 6.07) is 5.59. The fourth-order valence-electron chi connectivity index (χ4n) is 4.35. The number of amides is 2. The Morgan fingerprint density at radius 3 is 2.71 bits per heavy atom. The smallest absolute Gasteiger partial charge is 0.256 e. The second-order valence-electron chi connectivity index (χ2n) is 8.33. The molecule has 0 bridgehead atoms. The molecule has 0 spiro atoms. The maximum Gasteiger partial charge on any atom is 0.256 e. The average molecular weight is 444 g/mol. The highest BCUT2D eigenvalue weighted by Gasteiger charge is 2.31. The fraction of sp³-hybridized carbons (Fsp3) is 0.435. The Morgan fingerprint density at radius 1 is 1.26 bits per heavy atom. The van der Waals surface area contributed by atoms with Crippen LogP contribution in [-0.4, -0.2) is 52.3 Å². The molecule has 2 amide bonds. The number of rotatable bonds is 4. The van der Waals surface area contributed by atoms with E-state index in [1.807, 2.05) is 26.0 Å². The summed E-state index contributed by atoms with van der Waals surface area (Å²) in [5.74, 6) is 0.276. The molecule has 0 aliphatic carbocycles. The van der Waals surface area contributed by atoms with Gasteiger partial charge in [-0.15, -0.1) is 0 Å². The van der Waals surface area contributed by atoms with E-state index in [0.717, 1.165) is 23.2 Å². The van der Waals surface area contributed by atoms with E-state index >= 15 is 0 Å². The molecule has 1 aromatic carbocycles. The van der Waals surface area contributed by atoms with Crippen molar-refractivity contribution in [3.8, 4) is 5.75 Å². The van der Waals surface area contributed by atoms with E-state index in [4.69, 9.17) is 16.3 Å². The standard InChI is InChI=1S/C23H26ClN3O4/c1-13-10-14(2)25-22(29)18(13)12-27-8-6-16-4-5-19(21(24)20(16)23(27)30)31-17-7-9-26(11-17)15(3)28/h4-5,10,17H,6-9,11-12H2,1-3H3,(H,25,29)/t17-/m1/s1. The number of carbonyl (C=O) groups is 2. The Hall–Kier alpha value is -2.80. The summed E-state index contributed by atoms with van der Waals surface area (Å²) < 4.78 is 6.05. The summed E-state index contributed by atoms with van der Waals surface area (Å²) in [6.07, 6.45) is 1.23. The summed E-state index contributed by atoms with van der Waals surface area (Å²) >= 11 is 6.63. The summed E-state index contributed by atoms with van der Waals surface area (Å²) in [7, 11) is 0. The van der Waals surface area contributed by atoms with Gasteiger partial charge in [-0.3, -0.25) is 14.4 Å².